The Kier molecular flexibility index (Phi) is 8.16. The van der Waals surface area contributed by atoms with Gasteiger partial charge in [0.1, 0.15) is 11.5 Å². The van der Waals surface area contributed by atoms with E-state index in [0.717, 1.165) is 43.7 Å². The molecule has 0 radical (unpaired) electrons. The van der Waals surface area contributed by atoms with Crippen molar-refractivity contribution in [2.75, 3.05) is 26.9 Å². The number of hydrogen-bond donors (Lipinski definition) is 2. The summed E-state index contributed by atoms with van der Waals surface area (Å²) in [6.07, 6.45) is 4.05. The molecule has 21 heavy (non-hydrogen) atoms. The first-order valence-electron chi connectivity index (χ1n) is 7.76. The molecule has 0 heterocycles. The predicted molar refractivity (Wildman–Crippen MR) is 86.1 cm³/mol. The van der Waals surface area contributed by atoms with Gasteiger partial charge in [-0.25, -0.2) is 0 Å². The molecule has 1 aromatic rings. The van der Waals surface area contributed by atoms with Gasteiger partial charge < -0.3 is 19.9 Å². The highest BCUT2D eigenvalue weighted by molar-refractivity contribution is 5.31. The van der Waals surface area contributed by atoms with E-state index in [-0.39, 0.29) is 12.1 Å². The molecule has 0 aromatic heterocycles. The van der Waals surface area contributed by atoms with Crippen molar-refractivity contribution in [3.8, 4) is 11.5 Å². The van der Waals surface area contributed by atoms with Crippen molar-refractivity contribution < 1.29 is 14.6 Å². The smallest absolute Gasteiger partial charge is 0.119 e. The highest BCUT2D eigenvalue weighted by Crippen LogP contribution is 2.18. The second kappa shape index (κ2) is 9.64. The normalized spacial score (nSPS) is 13.7. The molecular formula is C17H29NO3. The van der Waals surface area contributed by atoms with Crippen LogP contribution in [-0.4, -0.2) is 37.5 Å². The molecule has 0 aliphatic carbocycles. The molecule has 1 rings (SSSR count). The Morgan fingerprint density at radius 1 is 1.14 bits per heavy atom. The van der Waals surface area contributed by atoms with Gasteiger partial charge in [0.05, 0.1) is 20.3 Å². The summed E-state index contributed by atoms with van der Waals surface area (Å²) in [5, 5.41) is 12.9. The average molecular weight is 295 g/mol. The van der Waals surface area contributed by atoms with E-state index >= 15 is 0 Å². The van der Waals surface area contributed by atoms with Crippen LogP contribution in [0.2, 0.25) is 0 Å². The minimum absolute atomic E-state index is 0.171. The molecule has 1 aromatic carbocycles. The lowest BCUT2D eigenvalue weighted by molar-refractivity contribution is 0.160. The van der Waals surface area contributed by atoms with Crippen LogP contribution in [0.25, 0.3) is 0 Å². The first-order chi connectivity index (χ1) is 10.1. The fourth-order valence-electron chi connectivity index (χ4n) is 2.13. The van der Waals surface area contributed by atoms with Crippen molar-refractivity contribution in [3.63, 3.8) is 0 Å². The van der Waals surface area contributed by atoms with Crippen LogP contribution in [0.4, 0.5) is 0 Å². The Bertz CT molecular complexity index is 380. The molecular weight excluding hydrogens is 266 g/mol. The largest absolute Gasteiger partial charge is 0.497 e. The number of nitrogens with one attached hydrogen (secondary N) is 1. The van der Waals surface area contributed by atoms with Crippen molar-refractivity contribution in [2.45, 2.75) is 45.1 Å². The summed E-state index contributed by atoms with van der Waals surface area (Å²) in [6, 6.07) is 7.62. The zero-order valence-electron chi connectivity index (χ0n) is 13.5. The van der Waals surface area contributed by atoms with Gasteiger partial charge in [-0.3, -0.25) is 0 Å². The Labute approximate surface area is 128 Å². The van der Waals surface area contributed by atoms with Gasteiger partial charge in [-0.05, 0) is 63.4 Å². The van der Waals surface area contributed by atoms with E-state index in [9.17, 15) is 5.11 Å². The summed E-state index contributed by atoms with van der Waals surface area (Å²) in [5.74, 6) is 1.70. The lowest BCUT2D eigenvalue weighted by atomic mass is 9.95. The van der Waals surface area contributed by atoms with Crippen LogP contribution in [-0.2, 0) is 0 Å². The molecule has 4 nitrogen and oxygen atoms in total. The lowest BCUT2D eigenvalue weighted by Crippen LogP contribution is -2.46. The Morgan fingerprint density at radius 2 is 1.81 bits per heavy atom. The van der Waals surface area contributed by atoms with Crippen LogP contribution in [0.5, 0.6) is 11.5 Å². The third-order valence-electron chi connectivity index (χ3n) is 3.60. The van der Waals surface area contributed by atoms with E-state index in [2.05, 4.69) is 19.2 Å². The number of aliphatic hydroxyl groups excluding tert-OH is 1. The standard InChI is InChI=1S/C17H29NO3/c1-4-12-18-17(2,14-19)11-5-6-13-21-16-9-7-15(20-3)8-10-16/h7-10,18-19H,4-6,11-14H2,1-3H3. The van der Waals surface area contributed by atoms with E-state index in [1.165, 1.54) is 0 Å². The number of hydrogen-bond acceptors (Lipinski definition) is 4. The zero-order chi connectivity index (χ0) is 15.6. The molecule has 1 atom stereocenters. The lowest BCUT2D eigenvalue weighted by Gasteiger charge is -2.28. The second-order valence-electron chi connectivity index (χ2n) is 5.63. The number of unbranched alkanes of at least 4 members (excludes halogenated alkanes) is 1. The minimum Gasteiger partial charge on any atom is -0.497 e. The van der Waals surface area contributed by atoms with Gasteiger partial charge in [-0.2, -0.15) is 0 Å². The van der Waals surface area contributed by atoms with Gasteiger partial charge in [0.25, 0.3) is 0 Å². The van der Waals surface area contributed by atoms with Crippen molar-refractivity contribution in [1.82, 2.24) is 5.32 Å². The van der Waals surface area contributed by atoms with Gasteiger partial charge in [0.2, 0.25) is 0 Å². The van der Waals surface area contributed by atoms with Gasteiger partial charge in [0, 0.05) is 5.54 Å². The number of rotatable bonds is 11. The Morgan fingerprint density at radius 3 is 2.38 bits per heavy atom. The molecule has 0 spiro atoms. The quantitative estimate of drug-likeness (QED) is 0.616. The first-order valence-corrected chi connectivity index (χ1v) is 7.76. The summed E-state index contributed by atoms with van der Waals surface area (Å²) in [5.41, 5.74) is -0.171. The zero-order valence-corrected chi connectivity index (χ0v) is 13.5. The van der Waals surface area contributed by atoms with E-state index in [1.807, 2.05) is 24.3 Å². The number of ether oxygens (including phenoxy) is 2. The number of benzene rings is 1. The van der Waals surface area contributed by atoms with Gasteiger partial charge in [0.15, 0.2) is 0 Å². The maximum Gasteiger partial charge on any atom is 0.119 e. The third kappa shape index (κ3) is 6.82. The fourth-order valence-corrected chi connectivity index (χ4v) is 2.13. The molecule has 2 N–H and O–H groups in total. The van der Waals surface area contributed by atoms with Gasteiger partial charge in [-0.15, -0.1) is 0 Å². The van der Waals surface area contributed by atoms with Gasteiger partial charge >= 0.3 is 0 Å². The van der Waals surface area contributed by atoms with Crippen molar-refractivity contribution >= 4 is 0 Å². The molecule has 0 aliphatic rings. The predicted octanol–water partition coefficient (Wildman–Crippen LogP) is 2.99. The van der Waals surface area contributed by atoms with Crippen LogP contribution >= 0.6 is 0 Å². The molecule has 0 bridgehead atoms. The van der Waals surface area contributed by atoms with E-state index in [0.29, 0.717) is 6.61 Å². The summed E-state index contributed by atoms with van der Waals surface area (Å²) in [6.45, 7) is 6.02. The third-order valence-corrected chi connectivity index (χ3v) is 3.60. The van der Waals surface area contributed by atoms with Crippen molar-refractivity contribution in [2.24, 2.45) is 0 Å². The van der Waals surface area contributed by atoms with Crippen LogP contribution in [0.3, 0.4) is 0 Å². The fraction of sp³-hybridized carbons (Fsp3) is 0.647. The molecule has 120 valence electrons. The van der Waals surface area contributed by atoms with Crippen molar-refractivity contribution in [1.29, 1.82) is 0 Å². The molecule has 1 unspecified atom stereocenters. The second-order valence-corrected chi connectivity index (χ2v) is 5.63. The number of aliphatic hydroxyl groups is 1. The van der Waals surface area contributed by atoms with Crippen LogP contribution in [0, 0.1) is 0 Å². The molecule has 0 amide bonds. The molecule has 0 fully saturated rings. The van der Waals surface area contributed by atoms with Gasteiger partial charge in [-0.1, -0.05) is 6.92 Å². The van der Waals surface area contributed by atoms with Crippen molar-refractivity contribution in [3.05, 3.63) is 24.3 Å². The molecule has 0 saturated carbocycles. The summed E-state index contributed by atoms with van der Waals surface area (Å²) in [7, 11) is 1.65. The summed E-state index contributed by atoms with van der Waals surface area (Å²) >= 11 is 0. The minimum atomic E-state index is -0.171. The molecule has 0 aliphatic heterocycles. The number of methoxy groups -OCH3 is 1. The van der Waals surface area contributed by atoms with E-state index in [1.54, 1.807) is 7.11 Å². The van der Waals surface area contributed by atoms with Crippen LogP contribution in [0.1, 0.15) is 39.5 Å². The Hall–Kier alpha value is -1.26. The van der Waals surface area contributed by atoms with Crippen LogP contribution in [0.15, 0.2) is 24.3 Å². The molecule has 0 saturated heterocycles. The maximum atomic E-state index is 9.49. The SMILES string of the molecule is CCCNC(C)(CO)CCCCOc1ccc(OC)cc1. The molecule has 4 heteroatoms. The van der Waals surface area contributed by atoms with E-state index < -0.39 is 0 Å². The average Bonchev–Trinajstić information content (AvgIpc) is 2.53. The van der Waals surface area contributed by atoms with E-state index in [4.69, 9.17) is 9.47 Å². The maximum absolute atomic E-state index is 9.49. The summed E-state index contributed by atoms with van der Waals surface area (Å²) in [4.78, 5) is 0. The summed E-state index contributed by atoms with van der Waals surface area (Å²) < 4.78 is 10.8. The Balaban J connectivity index is 2.20. The van der Waals surface area contributed by atoms with Crippen LogP contribution < -0.4 is 14.8 Å². The highest BCUT2D eigenvalue weighted by Gasteiger charge is 2.21. The topological polar surface area (TPSA) is 50.7 Å². The monoisotopic (exact) mass is 295 g/mol. The highest BCUT2D eigenvalue weighted by atomic mass is 16.5. The first kappa shape index (κ1) is 17.8.